The van der Waals surface area contributed by atoms with Gasteiger partial charge >= 0.3 is 0 Å². The molecule has 86 valence electrons. The van der Waals surface area contributed by atoms with Gasteiger partial charge in [0.2, 0.25) is 5.91 Å². The van der Waals surface area contributed by atoms with Crippen LogP contribution in [0.15, 0.2) is 30.3 Å². The Hall–Kier alpha value is -1.81. The average molecular weight is 221 g/mol. The van der Waals surface area contributed by atoms with Crippen molar-refractivity contribution in [3.05, 3.63) is 35.9 Å². The molecule has 0 aliphatic rings. The summed E-state index contributed by atoms with van der Waals surface area (Å²) < 4.78 is 0. The summed E-state index contributed by atoms with van der Waals surface area (Å²) in [6, 6.07) is 6.25. The SMILES string of the molecule is C[C@@H](CO)NC(=O)C=Cc1ccc(O)cc1. The van der Waals surface area contributed by atoms with Crippen molar-refractivity contribution in [2.75, 3.05) is 6.61 Å². The largest absolute Gasteiger partial charge is 0.508 e. The second-order valence-corrected chi connectivity index (χ2v) is 3.52. The number of aliphatic hydroxyl groups is 1. The molecular weight excluding hydrogens is 206 g/mol. The standard InChI is InChI=1S/C12H15NO3/c1-9(8-14)13-12(16)7-4-10-2-5-11(15)6-3-10/h2-7,9,14-15H,8H2,1H3,(H,13,16)/t9-/m0/s1. The van der Waals surface area contributed by atoms with E-state index in [0.717, 1.165) is 5.56 Å². The number of aromatic hydroxyl groups is 1. The Kier molecular flexibility index (Phi) is 4.54. The molecule has 4 heteroatoms. The van der Waals surface area contributed by atoms with Crippen LogP contribution in [-0.4, -0.2) is 28.8 Å². The molecule has 1 amide bonds. The summed E-state index contributed by atoms with van der Waals surface area (Å²) in [5.74, 6) is -0.0647. The van der Waals surface area contributed by atoms with Crippen molar-refractivity contribution in [2.45, 2.75) is 13.0 Å². The molecular formula is C12H15NO3. The second kappa shape index (κ2) is 5.92. The van der Waals surface area contributed by atoms with Crippen LogP contribution in [0.3, 0.4) is 0 Å². The lowest BCUT2D eigenvalue weighted by Gasteiger charge is -2.07. The van der Waals surface area contributed by atoms with Gasteiger partial charge in [-0.25, -0.2) is 0 Å². The average Bonchev–Trinajstić information content (AvgIpc) is 2.28. The quantitative estimate of drug-likeness (QED) is 0.662. The Morgan fingerprint density at radius 2 is 2.06 bits per heavy atom. The minimum Gasteiger partial charge on any atom is -0.508 e. The first-order valence-electron chi connectivity index (χ1n) is 5.00. The van der Waals surface area contributed by atoms with Gasteiger partial charge in [0.15, 0.2) is 0 Å². The van der Waals surface area contributed by atoms with Crippen LogP contribution in [0.5, 0.6) is 5.75 Å². The van der Waals surface area contributed by atoms with Crippen molar-refractivity contribution in [3.63, 3.8) is 0 Å². The highest BCUT2D eigenvalue weighted by atomic mass is 16.3. The Labute approximate surface area is 94.2 Å². The highest BCUT2D eigenvalue weighted by molar-refractivity contribution is 5.91. The number of amides is 1. The Balaban J connectivity index is 2.53. The number of phenols is 1. The predicted octanol–water partition coefficient (Wildman–Crippen LogP) is 0.902. The van der Waals surface area contributed by atoms with Crippen molar-refractivity contribution in [1.29, 1.82) is 0 Å². The van der Waals surface area contributed by atoms with Crippen LogP contribution in [0, 0.1) is 0 Å². The van der Waals surface area contributed by atoms with Crippen LogP contribution in [0.4, 0.5) is 0 Å². The zero-order chi connectivity index (χ0) is 12.0. The third kappa shape index (κ3) is 4.14. The van der Waals surface area contributed by atoms with E-state index in [9.17, 15) is 4.79 Å². The number of aliphatic hydroxyl groups excluding tert-OH is 1. The van der Waals surface area contributed by atoms with Crippen molar-refractivity contribution >= 4 is 12.0 Å². The van der Waals surface area contributed by atoms with E-state index in [4.69, 9.17) is 10.2 Å². The number of hydrogen-bond acceptors (Lipinski definition) is 3. The lowest BCUT2D eigenvalue weighted by atomic mass is 10.2. The number of benzene rings is 1. The number of carbonyl (C=O) groups excluding carboxylic acids is 1. The van der Waals surface area contributed by atoms with Gasteiger partial charge in [-0.3, -0.25) is 4.79 Å². The number of carbonyl (C=O) groups is 1. The number of phenolic OH excluding ortho intramolecular Hbond substituents is 1. The molecule has 3 N–H and O–H groups in total. The predicted molar refractivity (Wildman–Crippen MR) is 61.8 cm³/mol. The van der Waals surface area contributed by atoms with Crippen LogP contribution in [0.1, 0.15) is 12.5 Å². The fraction of sp³-hybridized carbons (Fsp3) is 0.250. The van der Waals surface area contributed by atoms with Gasteiger partial charge in [0.05, 0.1) is 6.61 Å². The van der Waals surface area contributed by atoms with Crippen LogP contribution in [0.25, 0.3) is 6.08 Å². The van der Waals surface area contributed by atoms with Crippen molar-refractivity contribution in [1.82, 2.24) is 5.32 Å². The van der Waals surface area contributed by atoms with Gasteiger partial charge < -0.3 is 15.5 Å². The van der Waals surface area contributed by atoms with Gasteiger partial charge in [-0.15, -0.1) is 0 Å². The van der Waals surface area contributed by atoms with Gasteiger partial charge in [-0.05, 0) is 30.7 Å². The second-order valence-electron chi connectivity index (χ2n) is 3.52. The van der Waals surface area contributed by atoms with Crippen molar-refractivity contribution < 1.29 is 15.0 Å². The van der Waals surface area contributed by atoms with Crippen LogP contribution < -0.4 is 5.32 Å². The van der Waals surface area contributed by atoms with Gasteiger partial charge in [0.25, 0.3) is 0 Å². The highest BCUT2D eigenvalue weighted by Gasteiger charge is 2.01. The zero-order valence-corrected chi connectivity index (χ0v) is 9.05. The Morgan fingerprint density at radius 1 is 1.44 bits per heavy atom. The Morgan fingerprint density at radius 3 is 2.62 bits per heavy atom. The topological polar surface area (TPSA) is 69.6 Å². The van der Waals surface area contributed by atoms with E-state index in [-0.39, 0.29) is 24.3 Å². The summed E-state index contributed by atoms with van der Waals surface area (Å²) in [4.78, 5) is 11.3. The van der Waals surface area contributed by atoms with E-state index in [1.165, 1.54) is 6.08 Å². The highest BCUT2D eigenvalue weighted by Crippen LogP contribution is 2.10. The minimum absolute atomic E-state index is 0.0845. The van der Waals surface area contributed by atoms with E-state index in [2.05, 4.69) is 5.32 Å². The molecule has 4 nitrogen and oxygen atoms in total. The maximum atomic E-state index is 11.3. The first-order chi connectivity index (χ1) is 7.61. The molecule has 0 aliphatic carbocycles. The zero-order valence-electron chi connectivity index (χ0n) is 9.05. The van der Waals surface area contributed by atoms with Crippen LogP contribution in [0.2, 0.25) is 0 Å². The molecule has 1 rings (SSSR count). The molecule has 1 atom stereocenters. The van der Waals surface area contributed by atoms with E-state index in [0.29, 0.717) is 0 Å². The third-order valence-corrected chi connectivity index (χ3v) is 1.98. The lowest BCUT2D eigenvalue weighted by Crippen LogP contribution is -2.33. The van der Waals surface area contributed by atoms with Gasteiger partial charge in [-0.2, -0.15) is 0 Å². The van der Waals surface area contributed by atoms with E-state index in [1.807, 2.05) is 0 Å². The Bertz CT molecular complexity index is 370. The molecule has 0 aromatic heterocycles. The number of hydrogen-bond donors (Lipinski definition) is 3. The van der Waals surface area contributed by atoms with E-state index in [1.54, 1.807) is 37.3 Å². The van der Waals surface area contributed by atoms with Gasteiger partial charge in [0, 0.05) is 12.1 Å². The lowest BCUT2D eigenvalue weighted by molar-refractivity contribution is -0.117. The van der Waals surface area contributed by atoms with E-state index >= 15 is 0 Å². The maximum Gasteiger partial charge on any atom is 0.244 e. The molecule has 0 bridgehead atoms. The summed E-state index contributed by atoms with van der Waals surface area (Å²) in [6.45, 7) is 1.63. The van der Waals surface area contributed by atoms with Gasteiger partial charge in [0.1, 0.15) is 5.75 Å². The van der Waals surface area contributed by atoms with Gasteiger partial charge in [-0.1, -0.05) is 12.1 Å². The number of nitrogens with one attached hydrogen (secondary N) is 1. The van der Waals surface area contributed by atoms with Crippen LogP contribution >= 0.6 is 0 Å². The molecule has 0 unspecified atom stereocenters. The third-order valence-electron chi connectivity index (χ3n) is 1.98. The summed E-state index contributed by atoms with van der Waals surface area (Å²) in [7, 11) is 0. The summed E-state index contributed by atoms with van der Waals surface area (Å²) >= 11 is 0. The molecule has 0 saturated heterocycles. The first kappa shape index (κ1) is 12.3. The molecule has 0 saturated carbocycles. The first-order valence-corrected chi connectivity index (χ1v) is 5.00. The molecule has 1 aromatic rings. The molecule has 0 aliphatic heterocycles. The summed E-state index contributed by atoms with van der Waals surface area (Å²) in [6.07, 6.45) is 3.03. The fourth-order valence-corrected chi connectivity index (χ4v) is 1.09. The van der Waals surface area contributed by atoms with Crippen molar-refractivity contribution in [2.24, 2.45) is 0 Å². The molecule has 0 heterocycles. The molecule has 16 heavy (non-hydrogen) atoms. The molecule has 0 fully saturated rings. The molecule has 0 radical (unpaired) electrons. The summed E-state index contributed by atoms with van der Waals surface area (Å²) in [5, 5.41) is 20.4. The monoisotopic (exact) mass is 221 g/mol. The summed E-state index contributed by atoms with van der Waals surface area (Å²) in [5.41, 5.74) is 0.824. The minimum atomic E-state index is -0.255. The molecule has 0 spiro atoms. The van der Waals surface area contributed by atoms with Crippen LogP contribution in [-0.2, 0) is 4.79 Å². The number of rotatable bonds is 4. The normalized spacial score (nSPS) is 12.6. The molecule has 1 aromatic carbocycles. The maximum absolute atomic E-state index is 11.3. The van der Waals surface area contributed by atoms with Crippen molar-refractivity contribution in [3.8, 4) is 5.75 Å². The van der Waals surface area contributed by atoms with E-state index < -0.39 is 0 Å². The fourth-order valence-electron chi connectivity index (χ4n) is 1.09. The smallest absolute Gasteiger partial charge is 0.244 e.